The standard InChI is InChI=1S/C10H16O4/c1-2-13-8-5-7(11)6-9-10(8,12)3-4-14-9/h8-9,12H,2-6H2,1H3/t8-,9-,10+/m0/s1. The van der Waals surface area contributed by atoms with Crippen molar-refractivity contribution in [3.63, 3.8) is 0 Å². The van der Waals surface area contributed by atoms with Crippen LogP contribution in [0.25, 0.3) is 0 Å². The first kappa shape index (κ1) is 10.1. The minimum Gasteiger partial charge on any atom is -0.384 e. The molecule has 0 unspecified atom stereocenters. The average Bonchev–Trinajstić information content (AvgIpc) is 2.49. The lowest BCUT2D eigenvalue weighted by Gasteiger charge is -2.39. The van der Waals surface area contributed by atoms with Gasteiger partial charge in [0.05, 0.1) is 18.8 Å². The first-order valence-electron chi connectivity index (χ1n) is 5.14. The molecular weight excluding hydrogens is 184 g/mol. The van der Waals surface area contributed by atoms with Gasteiger partial charge in [-0.2, -0.15) is 0 Å². The Bertz CT molecular complexity index is 240. The van der Waals surface area contributed by atoms with Gasteiger partial charge in [0.1, 0.15) is 11.4 Å². The first-order valence-corrected chi connectivity index (χ1v) is 5.14. The molecule has 0 bridgehead atoms. The fourth-order valence-electron chi connectivity index (χ4n) is 2.35. The van der Waals surface area contributed by atoms with E-state index in [-0.39, 0.29) is 18.0 Å². The Kier molecular flexibility index (Phi) is 2.60. The molecular formula is C10H16O4. The number of ether oxygens (including phenoxy) is 2. The van der Waals surface area contributed by atoms with Crippen LogP contribution in [0.2, 0.25) is 0 Å². The maximum atomic E-state index is 11.4. The minimum absolute atomic E-state index is 0.125. The summed E-state index contributed by atoms with van der Waals surface area (Å²) in [5, 5.41) is 10.3. The predicted molar refractivity (Wildman–Crippen MR) is 49.0 cm³/mol. The Morgan fingerprint density at radius 2 is 2.43 bits per heavy atom. The maximum Gasteiger partial charge on any atom is 0.138 e. The second-order valence-corrected chi connectivity index (χ2v) is 3.99. The van der Waals surface area contributed by atoms with Gasteiger partial charge in [-0.1, -0.05) is 0 Å². The second-order valence-electron chi connectivity index (χ2n) is 3.99. The molecule has 1 heterocycles. The number of Topliss-reactive ketones (excluding diaryl/α,β-unsaturated/α-hetero) is 1. The third-order valence-corrected chi connectivity index (χ3v) is 3.13. The Labute approximate surface area is 83.2 Å². The van der Waals surface area contributed by atoms with Crippen molar-refractivity contribution in [3.8, 4) is 0 Å². The molecule has 3 atom stereocenters. The summed E-state index contributed by atoms with van der Waals surface area (Å²) in [5.41, 5.74) is -0.927. The van der Waals surface area contributed by atoms with Crippen LogP contribution in [0.4, 0.5) is 0 Å². The molecule has 0 aromatic carbocycles. The zero-order chi connectivity index (χ0) is 10.2. The van der Waals surface area contributed by atoms with E-state index in [9.17, 15) is 9.90 Å². The topological polar surface area (TPSA) is 55.8 Å². The Morgan fingerprint density at radius 1 is 1.64 bits per heavy atom. The summed E-state index contributed by atoms with van der Waals surface area (Å²) in [6.45, 7) is 2.91. The van der Waals surface area contributed by atoms with Crippen LogP contribution in [-0.4, -0.2) is 41.9 Å². The van der Waals surface area contributed by atoms with Crippen LogP contribution >= 0.6 is 0 Å². The van der Waals surface area contributed by atoms with Crippen molar-refractivity contribution in [1.29, 1.82) is 0 Å². The van der Waals surface area contributed by atoms with Crippen molar-refractivity contribution in [2.24, 2.45) is 0 Å². The predicted octanol–water partition coefficient (Wildman–Crippen LogP) is 0.274. The van der Waals surface area contributed by atoms with Crippen molar-refractivity contribution in [3.05, 3.63) is 0 Å². The summed E-state index contributed by atoms with van der Waals surface area (Å²) < 4.78 is 10.8. The maximum absolute atomic E-state index is 11.4. The van der Waals surface area contributed by atoms with Crippen LogP contribution < -0.4 is 0 Å². The Morgan fingerprint density at radius 3 is 3.14 bits per heavy atom. The zero-order valence-corrected chi connectivity index (χ0v) is 8.36. The van der Waals surface area contributed by atoms with Gasteiger partial charge in [0, 0.05) is 25.9 Å². The quantitative estimate of drug-likeness (QED) is 0.695. The van der Waals surface area contributed by atoms with Crippen molar-refractivity contribution < 1.29 is 19.4 Å². The van der Waals surface area contributed by atoms with Gasteiger partial charge in [-0.15, -0.1) is 0 Å². The van der Waals surface area contributed by atoms with E-state index in [0.717, 1.165) is 0 Å². The fraction of sp³-hybridized carbons (Fsp3) is 0.900. The van der Waals surface area contributed by atoms with Crippen molar-refractivity contribution in [2.45, 2.75) is 44.0 Å². The molecule has 0 aromatic heterocycles. The highest BCUT2D eigenvalue weighted by Crippen LogP contribution is 2.38. The van der Waals surface area contributed by atoms with Crippen LogP contribution in [0.1, 0.15) is 26.2 Å². The highest BCUT2D eigenvalue weighted by atomic mass is 16.5. The van der Waals surface area contributed by atoms with E-state index < -0.39 is 5.60 Å². The molecule has 2 aliphatic rings. The summed E-state index contributed by atoms with van der Waals surface area (Å²) in [4.78, 5) is 11.4. The SMILES string of the molecule is CCO[C@H]1CC(=O)C[C@@H]2OCC[C@@]12O. The van der Waals surface area contributed by atoms with Gasteiger partial charge in [0.25, 0.3) is 0 Å². The second kappa shape index (κ2) is 3.61. The molecule has 1 aliphatic carbocycles. The number of aliphatic hydroxyl groups is 1. The number of ketones is 1. The highest BCUT2D eigenvalue weighted by Gasteiger charge is 2.53. The van der Waals surface area contributed by atoms with Gasteiger partial charge >= 0.3 is 0 Å². The summed E-state index contributed by atoms with van der Waals surface area (Å²) in [6, 6.07) is 0. The third-order valence-electron chi connectivity index (χ3n) is 3.13. The number of rotatable bonds is 2. The molecule has 0 amide bonds. The molecule has 1 saturated heterocycles. The molecule has 4 nitrogen and oxygen atoms in total. The molecule has 2 fully saturated rings. The molecule has 80 valence electrons. The van der Waals surface area contributed by atoms with Gasteiger partial charge in [-0.05, 0) is 6.92 Å². The molecule has 1 saturated carbocycles. The van der Waals surface area contributed by atoms with E-state index in [1.807, 2.05) is 6.92 Å². The van der Waals surface area contributed by atoms with E-state index in [2.05, 4.69) is 0 Å². The lowest BCUT2D eigenvalue weighted by molar-refractivity contribution is -0.168. The molecule has 14 heavy (non-hydrogen) atoms. The van der Waals surface area contributed by atoms with E-state index >= 15 is 0 Å². The average molecular weight is 200 g/mol. The zero-order valence-electron chi connectivity index (χ0n) is 8.36. The lowest BCUT2D eigenvalue weighted by Crippen LogP contribution is -2.55. The Balaban J connectivity index is 2.16. The number of hydrogen-bond acceptors (Lipinski definition) is 4. The Hall–Kier alpha value is -0.450. The minimum atomic E-state index is -0.927. The van der Waals surface area contributed by atoms with Gasteiger partial charge in [-0.3, -0.25) is 4.79 Å². The van der Waals surface area contributed by atoms with Crippen LogP contribution in [0.3, 0.4) is 0 Å². The van der Waals surface area contributed by atoms with E-state index in [1.165, 1.54) is 0 Å². The van der Waals surface area contributed by atoms with Gasteiger partial charge in [-0.25, -0.2) is 0 Å². The van der Waals surface area contributed by atoms with Crippen LogP contribution in [-0.2, 0) is 14.3 Å². The number of fused-ring (bicyclic) bond motifs is 1. The molecule has 0 aromatic rings. The first-order chi connectivity index (χ1) is 6.66. The van der Waals surface area contributed by atoms with E-state index in [4.69, 9.17) is 9.47 Å². The third kappa shape index (κ3) is 1.47. The van der Waals surface area contributed by atoms with Crippen molar-refractivity contribution in [1.82, 2.24) is 0 Å². The highest BCUT2D eigenvalue weighted by molar-refractivity contribution is 5.81. The van der Waals surface area contributed by atoms with E-state index in [1.54, 1.807) is 0 Å². The summed E-state index contributed by atoms with van der Waals surface area (Å²) in [7, 11) is 0. The lowest BCUT2D eigenvalue weighted by atomic mass is 9.78. The number of carbonyl (C=O) groups excluding carboxylic acids is 1. The van der Waals surface area contributed by atoms with Crippen LogP contribution in [0.5, 0.6) is 0 Å². The molecule has 1 N–H and O–H groups in total. The molecule has 4 heteroatoms. The largest absolute Gasteiger partial charge is 0.384 e. The molecule has 1 aliphatic heterocycles. The van der Waals surface area contributed by atoms with Crippen molar-refractivity contribution in [2.75, 3.05) is 13.2 Å². The monoisotopic (exact) mass is 200 g/mol. The summed E-state index contributed by atoms with van der Waals surface area (Å²) >= 11 is 0. The number of carbonyl (C=O) groups is 1. The van der Waals surface area contributed by atoms with Gasteiger partial charge in [0.15, 0.2) is 0 Å². The van der Waals surface area contributed by atoms with Gasteiger partial charge < -0.3 is 14.6 Å². The summed E-state index contributed by atoms with van der Waals surface area (Å²) in [5.74, 6) is 0.125. The smallest absolute Gasteiger partial charge is 0.138 e. The number of hydrogen-bond donors (Lipinski definition) is 1. The molecule has 0 radical (unpaired) electrons. The summed E-state index contributed by atoms with van der Waals surface area (Å²) in [6.07, 6.45) is 0.515. The van der Waals surface area contributed by atoms with Crippen molar-refractivity contribution >= 4 is 5.78 Å². The van der Waals surface area contributed by atoms with Crippen LogP contribution in [0.15, 0.2) is 0 Å². The molecule has 0 spiro atoms. The normalized spacial score (nSPS) is 42.6. The van der Waals surface area contributed by atoms with Gasteiger partial charge in [0.2, 0.25) is 0 Å². The van der Waals surface area contributed by atoms with E-state index in [0.29, 0.717) is 32.5 Å². The molecule has 2 rings (SSSR count). The fourth-order valence-corrected chi connectivity index (χ4v) is 2.35. The van der Waals surface area contributed by atoms with Crippen LogP contribution in [0, 0.1) is 0 Å².